The predicted molar refractivity (Wildman–Crippen MR) is 240 cm³/mol. The van der Waals surface area contributed by atoms with Gasteiger partial charge in [-0.1, -0.05) is 72.7 Å². The molecule has 1 saturated heterocycles. The maximum absolute atomic E-state index is 13.8. The number of ketones is 2. The van der Waals surface area contributed by atoms with Crippen LogP contribution < -0.4 is 5.32 Å². The molecule has 6 aliphatic rings. The molecular formula is C53H63NO10. The Labute approximate surface area is 376 Å². The van der Waals surface area contributed by atoms with E-state index in [4.69, 9.17) is 14.2 Å². The Bertz CT molecular complexity index is 2210. The first-order valence-corrected chi connectivity index (χ1v) is 23.5. The van der Waals surface area contributed by atoms with Crippen molar-refractivity contribution < 1.29 is 48.4 Å². The van der Waals surface area contributed by atoms with Gasteiger partial charge in [0.1, 0.15) is 11.7 Å². The number of amides is 1. The largest absolute Gasteiger partial charge is 0.455 e. The lowest BCUT2D eigenvalue weighted by molar-refractivity contribution is -0.127. The summed E-state index contributed by atoms with van der Waals surface area (Å²) < 4.78 is 18.0. The summed E-state index contributed by atoms with van der Waals surface area (Å²) in [5.74, 6) is -1.25. The summed E-state index contributed by atoms with van der Waals surface area (Å²) in [6.07, 6.45) is 19.0. The molecule has 1 spiro atoms. The van der Waals surface area contributed by atoms with Crippen LogP contribution in [-0.4, -0.2) is 82.3 Å². The van der Waals surface area contributed by atoms with E-state index in [2.05, 4.69) is 18.3 Å². The number of carbonyl (C=O) groups excluding carboxylic acids is 5. The van der Waals surface area contributed by atoms with E-state index in [0.717, 1.165) is 44.1 Å². The minimum Gasteiger partial charge on any atom is -0.455 e. The second-order valence-electron chi connectivity index (χ2n) is 19.0. The second-order valence-corrected chi connectivity index (χ2v) is 19.0. The molecule has 0 radical (unpaired) electrons. The Morgan fingerprint density at radius 1 is 0.953 bits per heavy atom. The van der Waals surface area contributed by atoms with Gasteiger partial charge in [0.15, 0.2) is 18.0 Å². The number of carbonyl (C=O) groups is 5. The summed E-state index contributed by atoms with van der Waals surface area (Å²) in [5.41, 5.74) is 2.57. The molecule has 64 heavy (non-hydrogen) atoms. The maximum atomic E-state index is 13.8. The van der Waals surface area contributed by atoms with Gasteiger partial charge in [-0.05, 0) is 137 Å². The average molecular weight is 874 g/mol. The zero-order chi connectivity index (χ0) is 45.1. The number of aliphatic hydroxyl groups excluding tert-OH is 2. The number of benzene rings is 2. The number of epoxide rings is 1. The van der Waals surface area contributed by atoms with Gasteiger partial charge in [-0.15, -0.1) is 0 Å². The highest BCUT2D eigenvalue weighted by atomic mass is 16.6. The van der Waals surface area contributed by atoms with Crippen LogP contribution in [0.2, 0.25) is 0 Å². The smallest absolute Gasteiger partial charge is 0.338 e. The van der Waals surface area contributed by atoms with Crippen LogP contribution in [0.25, 0.3) is 0 Å². The summed E-state index contributed by atoms with van der Waals surface area (Å²) in [6.45, 7) is 4.38. The van der Waals surface area contributed by atoms with Crippen LogP contribution in [0.3, 0.4) is 0 Å². The van der Waals surface area contributed by atoms with E-state index in [1.54, 1.807) is 0 Å². The minimum absolute atomic E-state index is 0.0335. The molecule has 2 aromatic carbocycles. The first-order valence-electron chi connectivity index (χ1n) is 23.5. The molecule has 0 unspecified atom stereocenters. The van der Waals surface area contributed by atoms with E-state index >= 15 is 0 Å². The third-order valence-corrected chi connectivity index (χ3v) is 15.3. The first kappa shape index (κ1) is 45.6. The topological polar surface area (TPSA) is 169 Å². The van der Waals surface area contributed by atoms with E-state index in [9.17, 15) is 34.2 Å². The van der Waals surface area contributed by atoms with Gasteiger partial charge in [-0.2, -0.15) is 0 Å². The van der Waals surface area contributed by atoms with Gasteiger partial charge < -0.3 is 29.7 Å². The lowest BCUT2D eigenvalue weighted by atomic mass is 9.54. The molecule has 340 valence electrons. The van der Waals surface area contributed by atoms with Gasteiger partial charge in [0.05, 0.1) is 23.3 Å². The van der Waals surface area contributed by atoms with Gasteiger partial charge in [0, 0.05) is 37.1 Å². The molecule has 5 aliphatic carbocycles. The minimum atomic E-state index is -0.943. The SMILES string of the molecule is CCNC(=O)CCC/C=C\C[C@@H]1[C@@H](/C=C/[C@H](CCc2ccccc2)OC(=O)c2ccc(C(=O)OCC(=O)[C@@]34CC[C@H]5[C@@H]6CCC7=CC(=O)CC[C@]7(C)C6=CC[C@@]53O4)cc2)[C@H](O)C[C@@H]1O. The average Bonchev–Trinajstić information content (AvgIpc) is 3.69. The van der Waals surface area contributed by atoms with Crippen LogP contribution in [-0.2, 0) is 35.0 Å². The number of hydrogen-bond acceptors (Lipinski definition) is 10. The highest BCUT2D eigenvalue weighted by molar-refractivity contribution is 5.98. The Morgan fingerprint density at radius 3 is 2.48 bits per heavy atom. The molecule has 11 nitrogen and oxygen atoms in total. The number of rotatable bonds is 18. The van der Waals surface area contributed by atoms with Crippen molar-refractivity contribution in [3.63, 3.8) is 0 Å². The summed E-state index contributed by atoms with van der Waals surface area (Å²) in [5, 5.41) is 24.6. The van der Waals surface area contributed by atoms with Crippen molar-refractivity contribution in [2.24, 2.45) is 29.1 Å². The number of Topliss-reactive ketones (excluding diaryl/α,β-unsaturated/α-hetero) is 1. The van der Waals surface area contributed by atoms with Crippen LogP contribution >= 0.6 is 0 Å². The molecule has 3 N–H and O–H groups in total. The number of esters is 2. The van der Waals surface area contributed by atoms with Gasteiger partial charge in [0.25, 0.3) is 0 Å². The van der Waals surface area contributed by atoms with Crippen LogP contribution in [0.15, 0.2) is 102 Å². The molecule has 0 bridgehead atoms. The maximum Gasteiger partial charge on any atom is 0.338 e. The second kappa shape index (κ2) is 19.2. The number of hydrogen-bond donors (Lipinski definition) is 3. The van der Waals surface area contributed by atoms with Crippen molar-refractivity contribution in [2.45, 2.75) is 133 Å². The van der Waals surface area contributed by atoms with Crippen LogP contribution in [0.4, 0.5) is 0 Å². The lowest BCUT2D eigenvalue weighted by Crippen LogP contribution is -2.45. The molecule has 0 aromatic heterocycles. The number of aryl methyl sites for hydroxylation is 1. The van der Waals surface area contributed by atoms with Gasteiger partial charge in [-0.25, -0.2) is 9.59 Å². The van der Waals surface area contributed by atoms with Crippen LogP contribution in [0, 0.1) is 29.1 Å². The fourth-order valence-electron chi connectivity index (χ4n) is 11.8. The van der Waals surface area contributed by atoms with Gasteiger partial charge in [0.2, 0.25) is 11.7 Å². The van der Waals surface area contributed by atoms with Crippen molar-refractivity contribution >= 4 is 29.4 Å². The Morgan fingerprint density at radius 2 is 1.72 bits per heavy atom. The predicted octanol–water partition coefficient (Wildman–Crippen LogP) is 7.69. The molecule has 2 aromatic rings. The third-order valence-electron chi connectivity index (χ3n) is 15.3. The number of aliphatic hydroxyl groups is 2. The van der Waals surface area contributed by atoms with E-state index in [1.807, 2.05) is 67.6 Å². The molecule has 1 aliphatic heterocycles. The van der Waals surface area contributed by atoms with E-state index in [1.165, 1.54) is 35.4 Å². The summed E-state index contributed by atoms with van der Waals surface area (Å²) in [7, 11) is 0. The van der Waals surface area contributed by atoms with Crippen molar-refractivity contribution in [2.75, 3.05) is 13.2 Å². The number of unbranched alkanes of at least 4 members (excludes halogenated alkanes) is 1. The molecule has 3 saturated carbocycles. The summed E-state index contributed by atoms with van der Waals surface area (Å²) in [4.78, 5) is 64.6. The zero-order valence-electron chi connectivity index (χ0n) is 37.2. The molecule has 1 amide bonds. The number of ether oxygens (including phenoxy) is 3. The normalized spacial score (nSPS) is 31.8. The number of allylic oxidation sites excluding steroid dienone is 5. The molecule has 1 heterocycles. The molecule has 8 rings (SSSR count). The van der Waals surface area contributed by atoms with Crippen molar-refractivity contribution in [1.29, 1.82) is 0 Å². The van der Waals surface area contributed by atoms with Gasteiger partial charge >= 0.3 is 11.9 Å². The Hall–Kier alpha value is -4.97. The molecular weight excluding hydrogens is 811 g/mol. The molecule has 4 fully saturated rings. The zero-order valence-corrected chi connectivity index (χ0v) is 37.2. The quantitative estimate of drug-likeness (QED) is 0.0585. The standard InChI is InChI=1S/C53H63NO10/c1-3-54-48(59)14-10-5-4-9-13-40-41(46(57)32-45(40)56)24-22-39(21-15-34-11-7-6-8-12-34)63-50(61)36-18-16-35(17-19-36)49(60)62-33-47(58)53-30-27-44-42-23-20-37-31-38(55)25-28-51(37,2)43(42)26-29-52(44,53)64-53/h4,6-9,11-12,16-19,22,24,26,31,39-42,44-46,56-57H,3,5,10,13-15,20-21,23,25,27-30,32-33H2,1-2H3,(H,54,59)/b9-4-,24-22+/t39-,40+,41+,42+,44-,45-,46+,51-,52+,53-/m0/s1. The molecule has 11 heteroatoms. The number of fused-ring (bicyclic) bond motifs is 4. The van der Waals surface area contributed by atoms with Crippen LogP contribution in [0.5, 0.6) is 0 Å². The van der Waals surface area contributed by atoms with Crippen molar-refractivity contribution in [1.82, 2.24) is 5.32 Å². The van der Waals surface area contributed by atoms with E-state index < -0.39 is 48.1 Å². The van der Waals surface area contributed by atoms with E-state index in [-0.39, 0.29) is 58.2 Å². The van der Waals surface area contributed by atoms with Crippen LogP contribution in [0.1, 0.15) is 124 Å². The third kappa shape index (κ3) is 9.13. The summed E-state index contributed by atoms with van der Waals surface area (Å²) >= 11 is 0. The van der Waals surface area contributed by atoms with Crippen molar-refractivity contribution in [3.05, 3.63) is 119 Å². The van der Waals surface area contributed by atoms with Gasteiger partial charge in [-0.3, -0.25) is 14.4 Å². The highest BCUT2D eigenvalue weighted by Crippen LogP contribution is 2.72. The lowest BCUT2D eigenvalue weighted by Gasteiger charge is -2.50. The number of nitrogens with one attached hydrogen (secondary N) is 1. The summed E-state index contributed by atoms with van der Waals surface area (Å²) in [6, 6.07) is 15.9. The first-order chi connectivity index (χ1) is 30.9. The Kier molecular flexibility index (Phi) is 13.7. The molecule has 10 atom stereocenters. The van der Waals surface area contributed by atoms with Crippen molar-refractivity contribution in [3.8, 4) is 0 Å². The fourth-order valence-corrected chi connectivity index (χ4v) is 11.8. The monoisotopic (exact) mass is 873 g/mol. The Balaban J connectivity index is 0.862. The van der Waals surface area contributed by atoms with E-state index in [0.29, 0.717) is 57.4 Å². The fraction of sp³-hybridized carbons (Fsp3) is 0.528. The highest BCUT2D eigenvalue weighted by Gasteiger charge is 2.81.